The number of aromatic nitrogens is 3. The molecular weight excluding hydrogens is 267 g/mol. The lowest BCUT2D eigenvalue weighted by molar-refractivity contribution is 0.621. The fraction of sp³-hybridized carbons (Fsp3) is 0.0625. The second kappa shape index (κ2) is 6.09. The number of benzene rings is 1. The van der Waals surface area contributed by atoms with Gasteiger partial charge in [-0.1, -0.05) is 36.4 Å². The smallest absolute Gasteiger partial charge is 0.191 e. The Morgan fingerprint density at radius 3 is 2.62 bits per heavy atom. The third-order valence-electron chi connectivity index (χ3n) is 3.02. The Morgan fingerprint density at radius 2 is 1.86 bits per heavy atom. The monoisotopic (exact) mass is 280 g/mol. The molecule has 0 amide bonds. The van der Waals surface area contributed by atoms with Crippen LogP contribution in [-0.4, -0.2) is 15.0 Å². The number of anilines is 1. The maximum atomic E-state index is 14.5. The molecule has 4 nitrogen and oxygen atoms in total. The number of hydrogen-bond acceptors (Lipinski definition) is 4. The molecule has 1 N–H and O–H groups in total. The molecule has 0 radical (unpaired) electrons. The van der Waals surface area contributed by atoms with Crippen molar-refractivity contribution in [3.05, 3.63) is 72.6 Å². The first-order valence-corrected chi connectivity index (χ1v) is 6.53. The Bertz CT molecular complexity index is 717. The molecule has 21 heavy (non-hydrogen) atoms. The molecule has 104 valence electrons. The van der Waals surface area contributed by atoms with Crippen LogP contribution in [0.2, 0.25) is 0 Å². The lowest BCUT2D eigenvalue weighted by Crippen LogP contribution is -2.05. The second-order valence-corrected chi connectivity index (χ2v) is 4.47. The van der Waals surface area contributed by atoms with E-state index >= 15 is 0 Å². The molecule has 3 aromatic rings. The van der Waals surface area contributed by atoms with Gasteiger partial charge in [-0.25, -0.2) is 14.4 Å². The average Bonchev–Trinajstić information content (AvgIpc) is 2.56. The van der Waals surface area contributed by atoms with Gasteiger partial charge in [-0.15, -0.1) is 0 Å². The summed E-state index contributed by atoms with van der Waals surface area (Å²) in [4.78, 5) is 12.0. The highest BCUT2D eigenvalue weighted by Gasteiger charge is 2.12. The summed E-state index contributed by atoms with van der Waals surface area (Å²) in [5, 5.41) is 2.97. The van der Waals surface area contributed by atoms with E-state index in [1.807, 2.05) is 42.5 Å². The van der Waals surface area contributed by atoms with Crippen LogP contribution in [-0.2, 0) is 6.54 Å². The summed E-state index contributed by atoms with van der Waals surface area (Å²) in [6.45, 7) is 0.454. The van der Waals surface area contributed by atoms with Gasteiger partial charge in [0.1, 0.15) is 12.0 Å². The van der Waals surface area contributed by atoms with E-state index in [2.05, 4.69) is 20.3 Å². The van der Waals surface area contributed by atoms with Gasteiger partial charge in [-0.05, 0) is 11.6 Å². The zero-order valence-corrected chi connectivity index (χ0v) is 11.2. The van der Waals surface area contributed by atoms with Crippen LogP contribution in [0.1, 0.15) is 5.56 Å². The van der Waals surface area contributed by atoms with E-state index < -0.39 is 5.82 Å². The van der Waals surface area contributed by atoms with Crippen LogP contribution in [0.25, 0.3) is 11.3 Å². The van der Waals surface area contributed by atoms with Crippen molar-refractivity contribution in [1.29, 1.82) is 0 Å². The minimum atomic E-state index is -0.451. The first-order chi connectivity index (χ1) is 10.3. The Hall–Kier alpha value is -2.82. The van der Waals surface area contributed by atoms with Crippen molar-refractivity contribution in [2.75, 3.05) is 5.32 Å². The van der Waals surface area contributed by atoms with Crippen molar-refractivity contribution in [2.24, 2.45) is 0 Å². The first kappa shape index (κ1) is 13.2. The van der Waals surface area contributed by atoms with Gasteiger partial charge in [0.25, 0.3) is 0 Å². The molecule has 0 saturated carbocycles. The highest BCUT2D eigenvalue weighted by molar-refractivity contribution is 5.63. The van der Waals surface area contributed by atoms with Crippen molar-refractivity contribution < 1.29 is 4.39 Å². The standard InChI is InChI=1S/C16H13FN4/c17-14-15(13-6-2-1-3-7-13)20-11-21-16(14)19-10-12-5-4-8-18-9-12/h1-9,11H,10H2,(H,19,20,21). The predicted octanol–water partition coefficient (Wildman–Crippen LogP) is 3.29. The highest BCUT2D eigenvalue weighted by Crippen LogP contribution is 2.23. The summed E-state index contributed by atoms with van der Waals surface area (Å²) in [5.74, 6) is -0.264. The average molecular weight is 280 g/mol. The van der Waals surface area contributed by atoms with Crippen LogP contribution >= 0.6 is 0 Å². The van der Waals surface area contributed by atoms with E-state index in [1.54, 1.807) is 12.4 Å². The van der Waals surface area contributed by atoms with Crippen LogP contribution in [0.4, 0.5) is 10.2 Å². The maximum Gasteiger partial charge on any atom is 0.191 e. The van der Waals surface area contributed by atoms with Gasteiger partial charge in [-0.3, -0.25) is 4.98 Å². The minimum Gasteiger partial charge on any atom is -0.363 e. The van der Waals surface area contributed by atoms with E-state index in [1.165, 1.54) is 6.33 Å². The number of nitrogens with zero attached hydrogens (tertiary/aromatic N) is 3. The molecule has 0 spiro atoms. The lowest BCUT2D eigenvalue weighted by Gasteiger charge is -2.09. The van der Waals surface area contributed by atoms with Crippen LogP contribution in [0.15, 0.2) is 61.2 Å². The Balaban J connectivity index is 1.84. The molecule has 1 aromatic carbocycles. The first-order valence-electron chi connectivity index (χ1n) is 6.53. The molecule has 0 aliphatic rings. The van der Waals surface area contributed by atoms with Gasteiger partial charge in [-0.2, -0.15) is 0 Å². The largest absolute Gasteiger partial charge is 0.363 e. The number of nitrogens with one attached hydrogen (secondary N) is 1. The van der Waals surface area contributed by atoms with E-state index in [4.69, 9.17) is 0 Å². The maximum absolute atomic E-state index is 14.5. The number of hydrogen-bond donors (Lipinski definition) is 1. The van der Waals surface area contributed by atoms with Crippen LogP contribution in [0.5, 0.6) is 0 Å². The molecule has 0 unspecified atom stereocenters. The number of pyridine rings is 1. The number of halogens is 1. The van der Waals surface area contributed by atoms with E-state index in [9.17, 15) is 4.39 Å². The molecule has 0 aliphatic heterocycles. The predicted molar refractivity (Wildman–Crippen MR) is 79.0 cm³/mol. The molecule has 0 aliphatic carbocycles. The topological polar surface area (TPSA) is 50.7 Å². The van der Waals surface area contributed by atoms with Crippen molar-refractivity contribution >= 4 is 5.82 Å². The quantitative estimate of drug-likeness (QED) is 0.796. The second-order valence-electron chi connectivity index (χ2n) is 4.47. The van der Waals surface area contributed by atoms with Gasteiger partial charge in [0.15, 0.2) is 11.6 Å². The summed E-state index contributed by atoms with van der Waals surface area (Å²) < 4.78 is 14.5. The van der Waals surface area contributed by atoms with Crippen molar-refractivity contribution in [2.45, 2.75) is 6.54 Å². The zero-order valence-electron chi connectivity index (χ0n) is 11.2. The van der Waals surface area contributed by atoms with Crippen LogP contribution in [0, 0.1) is 5.82 Å². The third-order valence-corrected chi connectivity index (χ3v) is 3.02. The molecule has 5 heteroatoms. The fourth-order valence-electron chi connectivity index (χ4n) is 1.98. The van der Waals surface area contributed by atoms with Gasteiger partial charge >= 0.3 is 0 Å². The molecule has 3 rings (SSSR count). The summed E-state index contributed by atoms with van der Waals surface area (Å²) in [6, 6.07) is 13.0. The van der Waals surface area contributed by atoms with E-state index in [0.29, 0.717) is 12.2 Å². The lowest BCUT2D eigenvalue weighted by atomic mass is 10.1. The normalized spacial score (nSPS) is 10.3. The van der Waals surface area contributed by atoms with Crippen molar-refractivity contribution in [3.63, 3.8) is 0 Å². The third kappa shape index (κ3) is 3.02. The molecule has 2 heterocycles. The highest BCUT2D eigenvalue weighted by atomic mass is 19.1. The van der Waals surface area contributed by atoms with Gasteiger partial charge in [0, 0.05) is 24.5 Å². The van der Waals surface area contributed by atoms with Gasteiger partial charge < -0.3 is 5.32 Å². The Kier molecular flexibility index (Phi) is 3.82. The Morgan fingerprint density at radius 1 is 1.00 bits per heavy atom. The summed E-state index contributed by atoms with van der Waals surface area (Å²) >= 11 is 0. The molecule has 2 aromatic heterocycles. The Labute approximate surface area is 121 Å². The fourth-order valence-corrected chi connectivity index (χ4v) is 1.98. The van der Waals surface area contributed by atoms with Crippen molar-refractivity contribution in [3.8, 4) is 11.3 Å². The SMILES string of the molecule is Fc1c(NCc2cccnc2)ncnc1-c1ccccc1. The van der Waals surface area contributed by atoms with Crippen LogP contribution in [0.3, 0.4) is 0 Å². The summed E-state index contributed by atoms with van der Waals surface area (Å²) in [6.07, 6.45) is 4.78. The van der Waals surface area contributed by atoms with Gasteiger partial charge in [0.2, 0.25) is 0 Å². The summed E-state index contributed by atoms with van der Waals surface area (Å²) in [7, 11) is 0. The van der Waals surface area contributed by atoms with E-state index in [0.717, 1.165) is 11.1 Å². The van der Waals surface area contributed by atoms with E-state index in [-0.39, 0.29) is 5.82 Å². The molecular formula is C16H13FN4. The minimum absolute atomic E-state index is 0.188. The van der Waals surface area contributed by atoms with Crippen molar-refractivity contribution in [1.82, 2.24) is 15.0 Å². The molecule has 0 atom stereocenters. The summed E-state index contributed by atoms with van der Waals surface area (Å²) in [5.41, 5.74) is 1.97. The zero-order chi connectivity index (χ0) is 14.5. The molecule has 0 bridgehead atoms. The van der Waals surface area contributed by atoms with Gasteiger partial charge in [0.05, 0.1) is 0 Å². The molecule has 0 saturated heterocycles. The van der Waals surface area contributed by atoms with Crippen LogP contribution < -0.4 is 5.32 Å². The number of rotatable bonds is 4. The molecule has 0 fully saturated rings.